The number of halogens is 1. The van der Waals surface area contributed by atoms with Crippen molar-refractivity contribution in [3.63, 3.8) is 0 Å². The summed E-state index contributed by atoms with van der Waals surface area (Å²) >= 11 is 3.58. The number of fused-ring (bicyclic) bond motifs is 1. The van der Waals surface area contributed by atoms with E-state index in [4.69, 9.17) is 14.5 Å². The second-order valence-corrected chi connectivity index (χ2v) is 7.76. The van der Waals surface area contributed by atoms with Gasteiger partial charge in [-0.15, -0.1) is 0 Å². The van der Waals surface area contributed by atoms with Crippen molar-refractivity contribution in [1.82, 2.24) is 9.38 Å². The van der Waals surface area contributed by atoms with Crippen LogP contribution >= 0.6 is 15.9 Å². The molecule has 0 saturated heterocycles. The van der Waals surface area contributed by atoms with E-state index < -0.39 is 0 Å². The van der Waals surface area contributed by atoms with Crippen LogP contribution in [0, 0.1) is 13.8 Å². The lowest BCUT2D eigenvalue weighted by Crippen LogP contribution is -2.01. The van der Waals surface area contributed by atoms with Crippen molar-refractivity contribution in [2.45, 2.75) is 13.8 Å². The molecule has 4 aromatic rings. The number of nitrogens with one attached hydrogen (secondary N) is 1. The van der Waals surface area contributed by atoms with Gasteiger partial charge in [0.1, 0.15) is 28.7 Å². The number of rotatable bonds is 5. The van der Waals surface area contributed by atoms with Crippen molar-refractivity contribution < 1.29 is 9.47 Å². The molecule has 0 unspecified atom stereocenters. The van der Waals surface area contributed by atoms with Crippen molar-refractivity contribution in [2.24, 2.45) is 0 Å². The molecule has 0 radical (unpaired) electrons. The Kier molecular flexibility index (Phi) is 5.20. The summed E-state index contributed by atoms with van der Waals surface area (Å²) in [7, 11) is 3.30. The smallest absolute Gasteiger partial charge is 0.143 e. The predicted molar refractivity (Wildman–Crippen MR) is 121 cm³/mol. The van der Waals surface area contributed by atoms with Crippen LogP contribution < -0.4 is 14.8 Å². The Labute approximate surface area is 178 Å². The number of anilines is 2. The number of imidazole rings is 1. The number of nitrogens with zero attached hydrogens (tertiary/aromatic N) is 2. The Bertz CT molecular complexity index is 1180. The van der Waals surface area contributed by atoms with Gasteiger partial charge in [-0.3, -0.25) is 4.40 Å². The van der Waals surface area contributed by atoms with Crippen LogP contribution in [0.4, 0.5) is 11.5 Å². The minimum atomic E-state index is 0.705. The van der Waals surface area contributed by atoms with E-state index in [2.05, 4.69) is 57.7 Å². The lowest BCUT2D eigenvalue weighted by molar-refractivity contribution is 0.395. The molecule has 2 aromatic carbocycles. The Morgan fingerprint density at radius 3 is 2.41 bits per heavy atom. The molecule has 2 heterocycles. The summed E-state index contributed by atoms with van der Waals surface area (Å²) in [5, 5.41) is 3.63. The normalized spacial score (nSPS) is 10.9. The molecule has 0 aliphatic rings. The van der Waals surface area contributed by atoms with Gasteiger partial charge in [-0.2, -0.15) is 0 Å². The van der Waals surface area contributed by atoms with E-state index >= 15 is 0 Å². The third kappa shape index (κ3) is 3.56. The molecular weight excluding hydrogens is 430 g/mol. The van der Waals surface area contributed by atoms with Gasteiger partial charge in [-0.1, -0.05) is 18.2 Å². The summed E-state index contributed by atoms with van der Waals surface area (Å²) < 4.78 is 14.0. The number of hydrogen-bond acceptors (Lipinski definition) is 4. The number of ether oxygens (including phenoxy) is 2. The highest BCUT2D eigenvalue weighted by Crippen LogP contribution is 2.39. The van der Waals surface area contributed by atoms with Crippen LogP contribution in [0.5, 0.6) is 11.5 Å². The molecule has 2 aromatic heterocycles. The van der Waals surface area contributed by atoms with Crippen LogP contribution in [0.15, 0.2) is 59.2 Å². The molecule has 6 heteroatoms. The third-order valence-electron chi connectivity index (χ3n) is 4.97. The summed E-state index contributed by atoms with van der Waals surface area (Å²) in [5.74, 6) is 2.32. The molecule has 0 spiro atoms. The van der Waals surface area contributed by atoms with Gasteiger partial charge in [0.2, 0.25) is 0 Å². The first kappa shape index (κ1) is 19.3. The van der Waals surface area contributed by atoms with Crippen molar-refractivity contribution >= 4 is 33.1 Å². The van der Waals surface area contributed by atoms with Gasteiger partial charge in [-0.05, 0) is 65.2 Å². The zero-order valence-electron chi connectivity index (χ0n) is 16.8. The molecule has 148 valence electrons. The van der Waals surface area contributed by atoms with E-state index in [1.165, 1.54) is 11.1 Å². The van der Waals surface area contributed by atoms with Gasteiger partial charge < -0.3 is 14.8 Å². The lowest BCUT2D eigenvalue weighted by Gasteiger charge is -2.15. The number of pyridine rings is 1. The van der Waals surface area contributed by atoms with Crippen molar-refractivity contribution in [3.05, 3.63) is 70.3 Å². The monoisotopic (exact) mass is 451 g/mol. The fourth-order valence-corrected chi connectivity index (χ4v) is 3.79. The molecule has 4 rings (SSSR count). The van der Waals surface area contributed by atoms with E-state index in [1.807, 2.05) is 36.5 Å². The number of hydrogen-bond donors (Lipinski definition) is 1. The van der Waals surface area contributed by atoms with Gasteiger partial charge in [0.15, 0.2) is 0 Å². The Balaban J connectivity index is 1.97. The summed E-state index contributed by atoms with van der Waals surface area (Å²) in [6, 6.07) is 16.0. The first-order valence-electron chi connectivity index (χ1n) is 9.25. The molecule has 29 heavy (non-hydrogen) atoms. The Morgan fingerprint density at radius 1 is 0.966 bits per heavy atom. The molecular formula is C23H22BrN3O2. The maximum Gasteiger partial charge on any atom is 0.143 e. The summed E-state index contributed by atoms with van der Waals surface area (Å²) in [6.45, 7) is 4.20. The summed E-state index contributed by atoms with van der Waals surface area (Å²) in [6.07, 6.45) is 2.01. The minimum Gasteiger partial charge on any atom is -0.497 e. The predicted octanol–water partition coefficient (Wildman–Crippen LogP) is 6.14. The molecule has 0 saturated carbocycles. The van der Waals surface area contributed by atoms with Crippen LogP contribution in [0.2, 0.25) is 0 Å². The highest BCUT2D eigenvalue weighted by atomic mass is 79.9. The topological polar surface area (TPSA) is 47.8 Å². The number of benzene rings is 2. The zero-order valence-corrected chi connectivity index (χ0v) is 18.4. The third-order valence-corrected chi connectivity index (χ3v) is 5.44. The van der Waals surface area contributed by atoms with Crippen LogP contribution in [-0.4, -0.2) is 23.6 Å². The molecule has 0 fully saturated rings. The Morgan fingerprint density at radius 2 is 1.72 bits per heavy atom. The standard InChI is InChI=1S/C23H22BrN3O2/c1-14-6-5-7-15(2)21(14)26-23-22(25-20-11-8-16(24)13-27(20)23)18-10-9-17(28-3)12-19(18)29-4/h5-13,26H,1-4H3. The average Bonchev–Trinajstić information content (AvgIpc) is 3.07. The van der Waals surface area contributed by atoms with Crippen LogP contribution in [-0.2, 0) is 0 Å². The Hall–Kier alpha value is -2.99. The quantitative estimate of drug-likeness (QED) is 0.395. The van der Waals surface area contributed by atoms with Crippen LogP contribution in [0.25, 0.3) is 16.9 Å². The first-order chi connectivity index (χ1) is 14.0. The first-order valence-corrected chi connectivity index (χ1v) is 10.0. The van der Waals surface area contributed by atoms with Crippen molar-refractivity contribution in [1.29, 1.82) is 0 Å². The fourth-order valence-electron chi connectivity index (χ4n) is 3.45. The minimum absolute atomic E-state index is 0.705. The second-order valence-electron chi connectivity index (χ2n) is 6.84. The maximum atomic E-state index is 5.65. The largest absolute Gasteiger partial charge is 0.497 e. The number of aromatic nitrogens is 2. The molecule has 0 bridgehead atoms. The van der Waals surface area contributed by atoms with E-state index in [0.29, 0.717) is 5.75 Å². The summed E-state index contributed by atoms with van der Waals surface area (Å²) in [4.78, 5) is 4.90. The van der Waals surface area contributed by atoms with Gasteiger partial charge in [0.25, 0.3) is 0 Å². The van der Waals surface area contributed by atoms with Gasteiger partial charge in [0.05, 0.1) is 14.2 Å². The molecule has 0 aliphatic heterocycles. The fraction of sp³-hybridized carbons (Fsp3) is 0.174. The molecule has 0 atom stereocenters. The SMILES string of the molecule is COc1ccc(-c2nc3ccc(Br)cn3c2Nc2c(C)cccc2C)c(OC)c1. The summed E-state index contributed by atoms with van der Waals surface area (Å²) in [5.41, 5.74) is 5.95. The highest BCUT2D eigenvalue weighted by Gasteiger charge is 2.19. The highest BCUT2D eigenvalue weighted by molar-refractivity contribution is 9.10. The van der Waals surface area contributed by atoms with Crippen LogP contribution in [0.3, 0.4) is 0 Å². The molecule has 0 aliphatic carbocycles. The van der Waals surface area contributed by atoms with E-state index in [-0.39, 0.29) is 0 Å². The maximum absolute atomic E-state index is 5.65. The zero-order chi connectivity index (χ0) is 20.5. The van der Waals surface area contributed by atoms with Crippen molar-refractivity contribution in [3.8, 4) is 22.8 Å². The number of aryl methyl sites for hydroxylation is 2. The van der Waals surface area contributed by atoms with Gasteiger partial charge in [-0.25, -0.2) is 4.98 Å². The van der Waals surface area contributed by atoms with Crippen LogP contribution in [0.1, 0.15) is 11.1 Å². The van der Waals surface area contributed by atoms with Gasteiger partial charge in [0, 0.05) is 28.0 Å². The van der Waals surface area contributed by atoms with Crippen molar-refractivity contribution in [2.75, 3.05) is 19.5 Å². The second kappa shape index (κ2) is 7.79. The van der Waals surface area contributed by atoms with E-state index in [0.717, 1.165) is 38.6 Å². The number of methoxy groups -OCH3 is 2. The average molecular weight is 452 g/mol. The number of para-hydroxylation sites is 1. The molecule has 1 N–H and O–H groups in total. The van der Waals surface area contributed by atoms with Gasteiger partial charge >= 0.3 is 0 Å². The lowest BCUT2D eigenvalue weighted by atomic mass is 10.1. The van der Waals surface area contributed by atoms with E-state index in [1.54, 1.807) is 14.2 Å². The molecule has 5 nitrogen and oxygen atoms in total. The molecule has 0 amide bonds. The van der Waals surface area contributed by atoms with E-state index in [9.17, 15) is 0 Å².